The standard InChI is InChI=1S/C21H24FN3O2/c1-24(14-11-19-6-2-3-12-23-19)20(26)17-5-4-13-25(15-17)21(27)16-7-9-18(22)10-8-16/h2-3,6-10,12,17H,4-5,11,13-15H2,1H3. The number of benzene rings is 1. The lowest BCUT2D eigenvalue weighted by Crippen LogP contribution is -2.46. The van der Waals surface area contributed by atoms with Crippen LogP contribution in [-0.4, -0.2) is 53.3 Å². The van der Waals surface area contributed by atoms with Gasteiger partial charge in [-0.25, -0.2) is 4.39 Å². The van der Waals surface area contributed by atoms with Crippen LogP contribution >= 0.6 is 0 Å². The Labute approximate surface area is 158 Å². The van der Waals surface area contributed by atoms with E-state index in [4.69, 9.17) is 0 Å². The zero-order valence-electron chi connectivity index (χ0n) is 15.5. The fourth-order valence-corrected chi connectivity index (χ4v) is 3.39. The molecule has 1 unspecified atom stereocenters. The summed E-state index contributed by atoms with van der Waals surface area (Å²) in [6, 6.07) is 11.3. The molecule has 0 saturated carbocycles. The third kappa shape index (κ3) is 4.90. The van der Waals surface area contributed by atoms with Crippen LogP contribution in [0.2, 0.25) is 0 Å². The van der Waals surface area contributed by atoms with Gasteiger partial charge in [0.1, 0.15) is 5.82 Å². The number of carbonyl (C=O) groups excluding carboxylic acids is 2. The minimum Gasteiger partial charge on any atom is -0.345 e. The molecule has 1 aromatic heterocycles. The van der Waals surface area contributed by atoms with Gasteiger partial charge in [-0.15, -0.1) is 0 Å². The van der Waals surface area contributed by atoms with Crippen LogP contribution in [0, 0.1) is 11.7 Å². The smallest absolute Gasteiger partial charge is 0.253 e. The van der Waals surface area contributed by atoms with Crippen LogP contribution in [0.1, 0.15) is 28.9 Å². The van der Waals surface area contributed by atoms with E-state index in [1.165, 1.54) is 24.3 Å². The minimum absolute atomic E-state index is 0.0579. The van der Waals surface area contributed by atoms with Gasteiger partial charge in [0.25, 0.3) is 5.91 Å². The molecule has 1 atom stereocenters. The summed E-state index contributed by atoms with van der Waals surface area (Å²) in [5.74, 6) is -0.657. The van der Waals surface area contributed by atoms with E-state index in [2.05, 4.69) is 4.98 Å². The molecule has 3 rings (SSSR count). The number of rotatable bonds is 5. The lowest BCUT2D eigenvalue weighted by atomic mass is 9.96. The molecule has 6 heteroatoms. The maximum Gasteiger partial charge on any atom is 0.253 e. The number of pyridine rings is 1. The molecule has 1 saturated heterocycles. The summed E-state index contributed by atoms with van der Waals surface area (Å²) in [7, 11) is 1.80. The second kappa shape index (κ2) is 8.75. The summed E-state index contributed by atoms with van der Waals surface area (Å²) < 4.78 is 13.1. The van der Waals surface area contributed by atoms with Crippen LogP contribution in [0.25, 0.3) is 0 Å². The number of amides is 2. The Kier molecular flexibility index (Phi) is 6.16. The van der Waals surface area contributed by atoms with Crippen LogP contribution in [-0.2, 0) is 11.2 Å². The van der Waals surface area contributed by atoms with Crippen molar-refractivity contribution in [1.29, 1.82) is 0 Å². The molecular weight excluding hydrogens is 345 g/mol. The highest BCUT2D eigenvalue weighted by Gasteiger charge is 2.30. The van der Waals surface area contributed by atoms with Crippen molar-refractivity contribution in [1.82, 2.24) is 14.8 Å². The van der Waals surface area contributed by atoms with E-state index in [1.54, 1.807) is 23.0 Å². The lowest BCUT2D eigenvalue weighted by Gasteiger charge is -2.34. The van der Waals surface area contributed by atoms with Gasteiger partial charge in [-0.1, -0.05) is 6.07 Å². The predicted octanol–water partition coefficient (Wildman–Crippen LogP) is 2.77. The monoisotopic (exact) mass is 369 g/mol. The van der Waals surface area contributed by atoms with E-state index >= 15 is 0 Å². The van der Waals surface area contributed by atoms with Crippen LogP contribution in [0.4, 0.5) is 4.39 Å². The van der Waals surface area contributed by atoms with Crippen molar-refractivity contribution in [3.8, 4) is 0 Å². The van der Waals surface area contributed by atoms with Crippen molar-refractivity contribution < 1.29 is 14.0 Å². The molecule has 1 aromatic carbocycles. The highest BCUT2D eigenvalue weighted by Crippen LogP contribution is 2.20. The first-order chi connectivity index (χ1) is 13.0. The van der Waals surface area contributed by atoms with E-state index in [0.29, 0.717) is 31.6 Å². The van der Waals surface area contributed by atoms with Crippen LogP contribution in [0.3, 0.4) is 0 Å². The third-order valence-corrected chi connectivity index (χ3v) is 4.95. The van der Waals surface area contributed by atoms with Gasteiger partial charge in [0, 0.05) is 50.6 Å². The SMILES string of the molecule is CN(CCc1ccccn1)C(=O)C1CCCN(C(=O)c2ccc(F)cc2)C1. The van der Waals surface area contributed by atoms with Crippen LogP contribution < -0.4 is 0 Å². The zero-order chi connectivity index (χ0) is 19.2. The molecule has 1 aliphatic heterocycles. The molecule has 142 valence electrons. The number of aromatic nitrogens is 1. The lowest BCUT2D eigenvalue weighted by molar-refractivity contribution is -0.135. The molecular formula is C21H24FN3O2. The largest absolute Gasteiger partial charge is 0.345 e. The van der Waals surface area contributed by atoms with Gasteiger partial charge in [0.15, 0.2) is 0 Å². The van der Waals surface area contributed by atoms with Crippen molar-refractivity contribution in [2.45, 2.75) is 19.3 Å². The summed E-state index contributed by atoms with van der Waals surface area (Å²) in [4.78, 5) is 33.1. The van der Waals surface area contributed by atoms with Crippen molar-refractivity contribution in [2.75, 3.05) is 26.7 Å². The van der Waals surface area contributed by atoms with Crippen LogP contribution in [0.5, 0.6) is 0 Å². The second-order valence-corrected chi connectivity index (χ2v) is 6.93. The van der Waals surface area contributed by atoms with Gasteiger partial charge in [0.2, 0.25) is 5.91 Å². The number of halogens is 1. The summed E-state index contributed by atoms with van der Waals surface area (Å²) in [6.45, 7) is 1.62. The maximum atomic E-state index is 13.1. The quantitative estimate of drug-likeness (QED) is 0.814. The van der Waals surface area contributed by atoms with Gasteiger partial charge in [0.05, 0.1) is 5.92 Å². The number of piperidine rings is 1. The summed E-state index contributed by atoms with van der Waals surface area (Å²) >= 11 is 0. The number of likely N-dealkylation sites (N-methyl/N-ethyl adjacent to an activating group) is 1. The number of carbonyl (C=O) groups is 2. The second-order valence-electron chi connectivity index (χ2n) is 6.93. The van der Waals surface area contributed by atoms with Crippen molar-refractivity contribution in [3.05, 3.63) is 65.7 Å². The molecule has 0 bridgehead atoms. The zero-order valence-corrected chi connectivity index (χ0v) is 15.5. The Hall–Kier alpha value is -2.76. The highest BCUT2D eigenvalue weighted by atomic mass is 19.1. The highest BCUT2D eigenvalue weighted by molar-refractivity contribution is 5.94. The number of hydrogen-bond donors (Lipinski definition) is 0. The summed E-state index contributed by atoms with van der Waals surface area (Å²) in [5.41, 5.74) is 1.40. The molecule has 0 radical (unpaired) electrons. The third-order valence-electron chi connectivity index (χ3n) is 4.95. The first-order valence-electron chi connectivity index (χ1n) is 9.24. The molecule has 27 heavy (non-hydrogen) atoms. The number of hydrogen-bond acceptors (Lipinski definition) is 3. The molecule has 0 N–H and O–H groups in total. The molecule has 1 fully saturated rings. The summed E-state index contributed by atoms with van der Waals surface area (Å²) in [5, 5.41) is 0. The fourth-order valence-electron chi connectivity index (χ4n) is 3.39. The Morgan fingerprint density at radius 1 is 1.22 bits per heavy atom. The Morgan fingerprint density at radius 3 is 2.70 bits per heavy atom. The average Bonchev–Trinajstić information content (AvgIpc) is 2.72. The number of likely N-dealkylation sites (tertiary alicyclic amines) is 1. The summed E-state index contributed by atoms with van der Waals surface area (Å²) in [6.07, 6.45) is 4.02. The first-order valence-corrected chi connectivity index (χ1v) is 9.24. The number of nitrogens with zero attached hydrogens (tertiary/aromatic N) is 3. The van der Waals surface area contributed by atoms with Gasteiger partial charge in [-0.3, -0.25) is 14.6 Å². The Balaban J connectivity index is 1.57. The maximum absolute atomic E-state index is 13.1. The Morgan fingerprint density at radius 2 is 2.00 bits per heavy atom. The van der Waals surface area contributed by atoms with E-state index < -0.39 is 0 Å². The Bertz CT molecular complexity index is 780. The van der Waals surface area contributed by atoms with Gasteiger partial charge in [-0.2, -0.15) is 0 Å². The van der Waals surface area contributed by atoms with E-state index in [9.17, 15) is 14.0 Å². The van der Waals surface area contributed by atoms with Gasteiger partial charge in [-0.05, 0) is 49.2 Å². The molecule has 0 aliphatic carbocycles. The van der Waals surface area contributed by atoms with E-state index in [1.807, 2.05) is 18.2 Å². The molecule has 2 aromatic rings. The normalized spacial score (nSPS) is 16.8. The van der Waals surface area contributed by atoms with Crippen molar-refractivity contribution >= 4 is 11.8 Å². The van der Waals surface area contributed by atoms with Gasteiger partial charge < -0.3 is 9.80 Å². The molecule has 0 spiro atoms. The van der Waals surface area contributed by atoms with E-state index in [-0.39, 0.29) is 23.5 Å². The fraction of sp³-hybridized carbons (Fsp3) is 0.381. The molecule has 5 nitrogen and oxygen atoms in total. The van der Waals surface area contributed by atoms with Crippen molar-refractivity contribution in [3.63, 3.8) is 0 Å². The molecule has 2 amide bonds. The van der Waals surface area contributed by atoms with E-state index in [0.717, 1.165) is 18.5 Å². The average molecular weight is 369 g/mol. The molecule has 1 aliphatic rings. The van der Waals surface area contributed by atoms with Crippen LogP contribution in [0.15, 0.2) is 48.7 Å². The predicted molar refractivity (Wildman–Crippen MR) is 101 cm³/mol. The first kappa shape index (κ1) is 19.0. The van der Waals surface area contributed by atoms with Crippen molar-refractivity contribution in [2.24, 2.45) is 5.92 Å². The minimum atomic E-state index is -0.368. The topological polar surface area (TPSA) is 53.5 Å². The molecule has 2 heterocycles. The van der Waals surface area contributed by atoms with Gasteiger partial charge >= 0.3 is 0 Å².